The van der Waals surface area contributed by atoms with Crippen molar-refractivity contribution in [3.05, 3.63) is 81.0 Å². The molecule has 0 aliphatic carbocycles. The molecular weight excluding hydrogens is 338 g/mol. The number of rotatable bonds is 6. The minimum atomic E-state index is -0.700. The summed E-state index contributed by atoms with van der Waals surface area (Å²) in [6, 6.07) is 10.0. The highest BCUT2D eigenvalue weighted by Crippen LogP contribution is 2.16. The molecular formula is C18H17N3O5. The third kappa shape index (κ3) is 3.75. The zero-order valence-corrected chi connectivity index (χ0v) is 14.0. The number of carbonyl (C=O) groups is 1. The molecule has 0 unspecified atom stereocenters. The number of hydrogen-bond donors (Lipinski definition) is 2. The lowest BCUT2D eigenvalue weighted by atomic mass is 10.2. The van der Waals surface area contributed by atoms with Crippen LogP contribution in [0.1, 0.15) is 23.0 Å². The molecule has 134 valence electrons. The molecule has 3 rings (SSSR count). The molecule has 0 radical (unpaired) electrons. The van der Waals surface area contributed by atoms with Crippen molar-refractivity contribution in [2.24, 2.45) is 0 Å². The van der Waals surface area contributed by atoms with Gasteiger partial charge in [-0.15, -0.1) is 0 Å². The van der Waals surface area contributed by atoms with E-state index in [0.29, 0.717) is 23.8 Å². The number of furan rings is 1. The summed E-state index contributed by atoms with van der Waals surface area (Å²) in [5.41, 5.74) is -0.996. The second-order valence-electron chi connectivity index (χ2n) is 5.39. The Morgan fingerprint density at radius 3 is 2.65 bits per heavy atom. The number of nitrogens with one attached hydrogen (secondary N) is 2. The highest BCUT2D eigenvalue weighted by atomic mass is 16.5. The summed E-state index contributed by atoms with van der Waals surface area (Å²) in [4.78, 5) is 39.2. The van der Waals surface area contributed by atoms with Crippen molar-refractivity contribution in [2.75, 3.05) is 11.9 Å². The highest BCUT2D eigenvalue weighted by Gasteiger charge is 2.16. The lowest BCUT2D eigenvalue weighted by Crippen LogP contribution is -2.39. The van der Waals surface area contributed by atoms with Crippen LogP contribution in [0.3, 0.4) is 0 Å². The van der Waals surface area contributed by atoms with E-state index in [2.05, 4.69) is 10.3 Å². The maximum atomic E-state index is 12.5. The number of nitrogens with zero attached hydrogens (tertiary/aromatic N) is 1. The SMILES string of the molecule is CCOc1ccc(NC(=O)c2c[nH]c(=O)n(Cc3ccco3)c2=O)cc1. The Morgan fingerprint density at radius 1 is 1.23 bits per heavy atom. The maximum Gasteiger partial charge on any atom is 0.328 e. The van der Waals surface area contributed by atoms with Crippen molar-refractivity contribution in [3.8, 4) is 5.75 Å². The van der Waals surface area contributed by atoms with E-state index in [4.69, 9.17) is 9.15 Å². The second kappa shape index (κ2) is 7.56. The van der Waals surface area contributed by atoms with Gasteiger partial charge in [0.05, 0.1) is 19.4 Å². The summed E-state index contributed by atoms with van der Waals surface area (Å²) in [6.07, 6.45) is 2.55. The summed E-state index contributed by atoms with van der Waals surface area (Å²) in [7, 11) is 0. The van der Waals surface area contributed by atoms with E-state index in [0.717, 1.165) is 10.8 Å². The van der Waals surface area contributed by atoms with Gasteiger partial charge in [-0.3, -0.25) is 14.2 Å². The fourth-order valence-corrected chi connectivity index (χ4v) is 2.38. The van der Waals surface area contributed by atoms with E-state index in [1.807, 2.05) is 6.92 Å². The molecule has 8 heteroatoms. The molecule has 0 aliphatic heterocycles. The first-order chi connectivity index (χ1) is 12.6. The molecule has 0 aliphatic rings. The smallest absolute Gasteiger partial charge is 0.328 e. The number of H-pyrrole nitrogens is 1. The van der Waals surface area contributed by atoms with Crippen molar-refractivity contribution in [3.63, 3.8) is 0 Å². The van der Waals surface area contributed by atoms with Gasteiger partial charge in [-0.1, -0.05) is 0 Å². The van der Waals surface area contributed by atoms with Crippen molar-refractivity contribution >= 4 is 11.6 Å². The minimum Gasteiger partial charge on any atom is -0.494 e. The first-order valence-corrected chi connectivity index (χ1v) is 7.97. The summed E-state index contributed by atoms with van der Waals surface area (Å²) < 4.78 is 11.4. The highest BCUT2D eigenvalue weighted by molar-refractivity contribution is 6.03. The monoisotopic (exact) mass is 355 g/mol. The first-order valence-electron chi connectivity index (χ1n) is 7.97. The lowest BCUT2D eigenvalue weighted by Gasteiger charge is -2.08. The zero-order chi connectivity index (χ0) is 18.5. The van der Waals surface area contributed by atoms with E-state index < -0.39 is 17.2 Å². The Labute approximate surface area is 148 Å². The number of aromatic amines is 1. The van der Waals surface area contributed by atoms with Gasteiger partial charge in [0, 0.05) is 11.9 Å². The van der Waals surface area contributed by atoms with E-state index in [9.17, 15) is 14.4 Å². The van der Waals surface area contributed by atoms with Gasteiger partial charge in [-0.2, -0.15) is 0 Å². The lowest BCUT2D eigenvalue weighted by molar-refractivity contribution is 0.102. The molecule has 8 nitrogen and oxygen atoms in total. The summed E-state index contributed by atoms with van der Waals surface area (Å²) in [5.74, 6) is 0.487. The van der Waals surface area contributed by atoms with E-state index >= 15 is 0 Å². The Hall–Kier alpha value is -3.55. The molecule has 0 saturated carbocycles. The molecule has 0 bridgehead atoms. The Balaban J connectivity index is 1.83. The average Bonchev–Trinajstić information content (AvgIpc) is 3.13. The number of ether oxygens (including phenoxy) is 1. The van der Waals surface area contributed by atoms with Gasteiger partial charge in [0.2, 0.25) is 0 Å². The zero-order valence-electron chi connectivity index (χ0n) is 14.0. The van der Waals surface area contributed by atoms with Crippen molar-refractivity contribution < 1.29 is 13.9 Å². The van der Waals surface area contributed by atoms with Crippen molar-refractivity contribution in [2.45, 2.75) is 13.5 Å². The number of anilines is 1. The number of hydrogen-bond acceptors (Lipinski definition) is 5. The first kappa shape index (κ1) is 17.3. The van der Waals surface area contributed by atoms with Crippen LogP contribution in [0.4, 0.5) is 5.69 Å². The molecule has 2 heterocycles. The van der Waals surface area contributed by atoms with Crippen molar-refractivity contribution in [1.29, 1.82) is 0 Å². The molecule has 1 aromatic carbocycles. The Bertz CT molecular complexity index is 1000. The van der Waals surface area contributed by atoms with Crippen LogP contribution in [0, 0.1) is 0 Å². The molecule has 3 aromatic rings. The van der Waals surface area contributed by atoms with Crippen LogP contribution in [0.5, 0.6) is 5.75 Å². The quantitative estimate of drug-likeness (QED) is 0.702. The second-order valence-corrected chi connectivity index (χ2v) is 5.39. The largest absolute Gasteiger partial charge is 0.494 e. The maximum absolute atomic E-state index is 12.5. The van der Waals surface area contributed by atoms with Crippen LogP contribution in [-0.2, 0) is 6.54 Å². The topological polar surface area (TPSA) is 106 Å². The van der Waals surface area contributed by atoms with Gasteiger partial charge in [0.15, 0.2) is 0 Å². The molecule has 0 saturated heterocycles. The van der Waals surface area contributed by atoms with Crippen LogP contribution in [0.2, 0.25) is 0 Å². The average molecular weight is 355 g/mol. The number of carbonyl (C=O) groups excluding carboxylic acids is 1. The van der Waals surface area contributed by atoms with Gasteiger partial charge in [-0.05, 0) is 43.3 Å². The summed E-state index contributed by atoms with van der Waals surface area (Å²) in [5, 5.41) is 2.62. The van der Waals surface area contributed by atoms with Gasteiger partial charge < -0.3 is 19.5 Å². The Morgan fingerprint density at radius 2 is 2.00 bits per heavy atom. The summed E-state index contributed by atoms with van der Waals surface area (Å²) >= 11 is 0. The fourth-order valence-electron chi connectivity index (χ4n) is 2.38. The fraction of sp³-hybridized carbons (Fsp3) is 0.167. The van der Waals surface area contributed by atoms with Gasteiger partial charge in [0.25, 0.3) is 11.5 Å². The van der Waals surface area contributed by atoms with Crippen LogP contribution in [0.25, 0.3) is 0 Å². The van der Waals surface area contributed by atoms with Crippen LogP contribution >= 0.6 is 0 Å². The van der Waals surface area contributed by atoms with E-state index in [1.54, 1.807) is 36.4 Å². The third-order valence-electron chi connectivity index (χ3n) is 3.62. The molecule has 0 spiro atoms. The Kier molecular flexibility index (Phi) is 5.02. The van der Waals surface area contributed by atoms with Crippen LogP contribution in [-0.4, -0.2) is 22.1 Å². The molecule has 2 N–H and O–H groups in total. The molecule has 0 atom stereocenters. The van der Waals surface area contributed by atoms with E-state index in [1.165, 1.54) is 6.26 Å². The van der Waals surface area contributed by atoms with Gasteiger partial charge >= 0.3 is 5.69 Å². The molecule has 2 aromatic heterocycles. The number of amides is 1. The van der Waals surface area contributed by atoms with Crippen LogP contribution in [0.15, 0.2) is 62.9 Å². The third-order valence-corrected chi connectivity index (χ3v) is 3.62. The number of aromatic nitrogens is 2. The predicted molar refractivity (Wildman–Crippen MR) is 94.7 cm³/mol. The standard InChI is InChI=1S/C18H17N3O5/c1-2-25-13-7-5-12(6-8-13)20-16(22)15-10-19-18(24)21(17(15)23)11-14-4-3-9-26-14/h3-10H,2,11H2,1H3,(H,19,24)(H,20,22). The molecule has 1 amide bonds. The van der Waals surface area contributed by atoms with Crippen molar-refractivity contribution in [1.82, 2.24) is 9.55 Å². The summed E-state index contributed by atoms with van der Waals surface area (Å²) in [6.45, 7) is 2.35. The minimum absolute atomic E-state index is 0.0641. The van der Waals surface area contributed by atoms with E-state index in [-0.39, 0.29) is 12.1 Å². The number of benzene rings is 1. The predicted octanol–water partition coefficient (Wildman–Crippen LogP) is 1.83. The molecule has 26 heavy (non-hydrogen) atoms. The van der Waals surface area contributed by atoms with Gasteiger partial charge in [0.1, 0.15) is 17.1 Å². The normalized spacial score (nSPS) is 10.5. The van der Waals surface area contributed by atoms with Gasteiger partial charge in [-0.25, -0.2) is 4.79 Å². The molecule has 0 fully saturated rings. The van der Waals surface area contributed by atoms with Crippen LogP contribution < -0.4 is 21.3 Å².